The lowest BCUT2D eigenvalue weighted by Gasteiger charge is -2.12. The molecule has 0 aliphatic carbocycles. The summed E-state index contributed by atoms with van der Waals surface area (Å²) >= 11 is 0. The van der Waals surface area contributed by atoms with E-state index in [2.05, 4.69) is 14.9 Å². The molecule has 0 aliphatic heterocycles. The van der Waals surface area contributed by atoms with Crippen LogP contribution in [0.25, 0.3) is 11.6 Å². The Hall–Kier alpha value is -2.15. The van der Waals surface area contributed by atoms with Gasteiger partial charge in [-0.25, -0.2) is 0 Å². The molecule has 0 unspecified atom stereocenters. The zero-order chi connectivity index (χ0) is 13.7. The molecule has 7 heteroatoms. The van der Waals surface area contributed by atoms with Gasteiger partial charge in [-0.15, -0.1) is 0 Å². The van der Waals surface area contributed by atoms with Gasteiger partial charge >= 0.3 is 5.97 Å². The first-order valence-electron chi connectivity index (χ1n) is 5.81. The Morgan fingerprint density at radius 2 is 2.37 bits per heavy atom. The number of methoxy groups -OCH3 is 1. The number of hydrogen-bond donors (Lipinski definition) is 0. The van der Waals surface area contributed by atoms with Crippen LogP contribution in [0.4, 0.5) is 0 Å². The molecule has 2 aromatic rings. The second-order valence-corrected chi connectivity index (χ2v) is 4.05. The van der Waals surface area contributed by atoms with Crippen molar-refractivity contribution in [2.45, 2.75) is 13.0 Å². The van der Waals surface area contributed by atoms with E-state index in [0.29, 0.717) is 37.0 Å². The van der Waals surface area contributed by atoms with Crippen LogP contribution < -0.4 is 0 Å². The van der Waals surface area contributed by atoms with Gasteiger partial charge in [0.25, 0.3) is 0 Å². The molecule has 0 aromatic carbocycles. The minimum absolute atomic E-state index is 0.242. The normalized spacial score (nSPS) is 10.9. The molecule has 2 heterocycles. The van der Waals surface area contributed by atoms with Gasteiger partial charge in [-0.1, -0.05) is 5.16 Å². The second-order valence-electron chi connectivity index (χ2n) is 4.05. The van der Waals surface area contributed by atoms with Crippen molar-refractivity contribution in [3.63, 3.8) is 0 Å². The van der Waals surface area contributed by atoms with Gasteiger partial charge in [0.1, 0.15) is 0 Å². The maximum absolute atomic E-state index is 11.0. The Bertz CT molecular complexity index is 521. The fourth-order valence-corrected chi connectivity index (χ4v) is 1.52. The van der Waals surface area contributed by atoms with Crippen LogP contribution in [0.5, 0.6) is 0 Å². The third kappa shape index (κ3) is 3.65. The molecule has 0 saturated carbocycles. The lowest BCUT2D eigenvalue weighted by Crippen LogP contribution is -2.22. The van der Waals surface area contributed by atoms with Crippen LogP contribution in [-0.2, 0) is 16.1 Å². The summed E-state index contributed by atoms with van der Waals surface area (Å²) in [6.45, 7) is 1.02. The number of carbonyl (C=O) groups is 1. The Balaban J connectivity index is 1.88. The molecule has 0 fully saturated rings. The Kier molecular flexibility index (Phi) is 4.30. The largest absolute Gasteiger partial charge is 0.469 e. The molecular formula is C12H15N3O4. The number of carbonyl (C=O) groups excluding carboxylic acids is 1. The number of hydrogen-bond acceptors (Lipinski definition) is 7. The number of rotatable bonds is 6. The van der Waals surface area contributed by atoms with Gasteiger partial charge < -0.3 is 13.7 Å². The maximum Gasteiger partial charge on any atom is 0.306 e. The molecule has 0 radical (unpaired) electrons. The first-order chi connectivity index (χ1) is 9.19. The molecular weight excluding hydrogens is 250 g/mol. The summed E-state index contributed by atoms with van der Waals surface area (Å²) < 4.78 is 14.9. The average Bonchev–Trinajstić information content (AvgIpc) is 3.06. The summed E-state index contributed by atoms with van der Waals surface area (Å²) in [5.74, 6) is 1.21. The van der Waals surface area contributed by atoms with Gasteiger partial charge in [0.05, 0.1) is 26.3 Å². The van der Waals surface area contributed by atoms with Crippen LogP contribution in [0.2, 0.25) is 0 Å². The van der Waals surface area contributed by atoms with Crippen molar-refractivity contribution in [2.24, 2.45) is 0 Å². The number of furan rings is 1. The fourth-order valence-electron chi connectivity index (χ4n) is 1.52. The SMILES string of the molecule is COC(=O)CCN(C)Cc1nc(-c2ccco2)no1. The molecule has 2 aromatic heterocycles. The van der Waals surface area contributed by atoms with Crippen LogP contribution in [0.15, 0.2) is 27.3 Å². The van der Waals surface area contributed by atoms with E-state index >= 15 is 0 Å². The monoisotopic (exact) mass is 265 g/mol. The topological polar surface area (TPSA) is 81.6 Å². The van der Waals surface area contributed by atoms with Gasteiger partial charge in [-0.2, -0.15) is 4.98 Å². The number of nitrogens with zero attached hydrogens (tertiary/aromatic N) is 3. The zero-order valence-electron chi connectivity index (χ0n) is 10.8. The third-order valence-electron chi connectivity index (χ3n) is 2.54. The van der Waals surface area contributed by atoms with Crippen molar-refractivity contribution in [2.75, 3.05) is 20.7 Å². The van der Waals surface area contributed by atoms with E-state index in [-0.39, 0.29) is 5.97 Å². The smallest absolute Gasteiger partial charge is 0.306 e. The van der Waals surface area contributed by atoms with Gasteiger partial charge in [0.15, 0.2) is 5.76 Å². The average molecular weight is 265 g/mol. The summed E-state index contributed by atoms with van der Waals surface area (Å²) in [5.41, 5.74) is 0. The second kappa shape index (κ2) is 6.14. The maximum atomic E-state index is 11.0. The molecule has 0 N–H and O–H groups in total. The molecule has 0 atom stereocenters. The van der Waals surface area contributed by atoms with E-state index in [0.717, 1.165) is 0 Å². The lowest BCUT2D eigenvalue weighted by atomic mass is 10.4. The first kappa shape index (κ1) is 13.3. The highest BCUT2D eigenvalue weighted by molar-refractivity contribution is 5.69. The van der Waals surface area contributed by atoms with Crippen LogP contribution in [0.3, 0.4) is 0 Å². The molecule has 0 bridgehead atoms. The van der Waals surface area contributed by atoms with Gasteiger partial charge in [0.2, 0.25) is 11.7 Å². The standard InChI is InChI=1S/C12H15N3O4/c1-15(6-5-11(16)17-2)8-10-13-12(14-19-10)9-4-3-7-18-9/h3-4,7H,5-6,8H2,1-2H3. The van der Waals surface area contributed by atoms with Crippen molar-refractivity contribution in [1.82, 2.24) is 15.0 Å². The Labute approximate surface area is 110 Å². The molecule has 102 valence electrons. The zero-order valence-corrected chi connectivity index (χ0v) is 10.8. The summed E-state index contributed by atoms with van der Waals surface area (Å²) in [7, 11) is 3.23. The number of esters is 1. The van der Waals surface area contributed by atoms with Crippen molar-refractivity contribution in [1.29, 1.82) is 0 Å². The minimum atomic E-state index is -0.242. The number of aromatic nitrogens is 2. The summed E-state index contributed by atoms with van der Waals surface area (Å²) in [5, 5.41) is 3.82. The van der Waals surface area contributed by atoms with Gasteiger partial charge in [-0.05, 0) is 19.2 Å². The van der Waals surface area contributed by atoms with E-state index in [1.807, 2.05) is 11.9 Å². The van der Waals surface area contributed by atoms with Crippen LogP contribution in [0, 0.1) is 0 Å². The van der Waals surface area contributed by atoms with E-state index in [4.69, 9.17) is 8.94 Å². The van der Waals surface area contributed by atoms with E-state index < -0.39 is 0 Å². The molecule has 0 amide bonds. The van der Waals surface area contributed by atoms with Crippen molar-refractivity contribution in [3.8, 4) is 11.6 Å². The summed E-state index contributed by atoms with van der Waals surface area (Å²) in [6, 6.07) is 3.52. The lowest BCUT2D eigenvalue weighted by molar-refractivity contribution is -0.140. The van der Waals surface area contributed by atoms with Crippen LogP contribution >= 0.6 is 0 Å². The minimum Gasteiger partial charge on any atom is -0.469 e. The van der Waals surface area contributed by atoms with Crippen molar-refractivity contribution >= 4 is 5.97 Å². The molecule has 0 aliphatic rings. The Morgan fingerprint density at radius 1 is 1.53 bits per heavy atom. The fraction of sp³-hybridized carbons (Fsp3) is 0.417. The molecule has 19 heavy (non-hydrogen) atoms. The van der Waals surface area contributed by atoms with Crippen LogP contribution in [0.1, 0.15) is 12.3 Å². The first-order valence-corrected chi connectivity index (χ1v) is 5.81. The quantitative estimate of drug-likeness (QED) is 0.728. The number of ether oxygens (including phenoxy) is 1. The van der Waals surface area contributed by atoms with E-state index in [1.54, 1.807) is 18.4 Å². The molecule has 2 rings (SSSR count). The van der Waals surface area contributed by atoms with Crippen molar-refractivity contribution < 1.29 is 18.5 Å². The highest BCUT2D eigenvalue weighted by atomic mass is 16.5. The third-order valence-corrected chi connectivity index (χ3v) is 2.54. The summed E-state index contributed by atoms with van der Waals surface area (Å²) in [4.78, 5) is 17.1. The van der Waals surface area contributed by atoms with Crippen LogP contribution in [-0.4, -0.2) is 41.7 Å². The highest BCUT2D eigenvalue weighted by Crippen LogP contribution is 2.16. The highest BCUT2D eigenvalue weighted by Gasteiger charge is 2.13. The van der Waals surface area contributed by atoms with Crippen molar-refractivity contribution in [3.05, 3.63) is 24.3 Å². The van der Waals surface area contributed by atoms with E-state index in [1.165, 1.54) is 7.11 Å². The predicted molar refractivity (Wildman–Crippen MR) is 65.0 cm³/mol. The van der Waals surface area contributed by atoms with Gasteiger partial charge in [0, 0.05) is 6.54 Å². The molecule has 0 saturated heterocycles. The predicted octanol–water partition coefficient (Wildman–Crippen LogP) is 1.32. The van der Waals surface area contributed by atoms with Gasteiger partial charge in [-0.3, -0.25) is 9.69 Å². The molecule has 7 nitrogen and oxygen atoms in total. The van der Waals surface area contributed by atoms with E-state index in [9.17, 15) is 4.79 Å². The Morgan fingerprint density at radius 3 is 3.05 bits per heavy atom. The molecule has 0 spiro atoms. The summed E-state index contributed by atoms with van der Waals surface area (Å²) in [6.07, 6.45) is 1.88.